The fourth-order valence-corrected chi connectivity index (χ4v) is 5.78. The van der Waals surface area contributed by atoms with E-state index in [9.17, 15) is 18.0 Å². The first kappa shape index (κ1) is 22.5. The van der Waals surface area contributed by atoms with Crippen LogP contribution in [-0.2, 0) is 29.8 Å². The molecule has 1 N–H and O–H groups in total. The van der Waals surface area contributed by atoms with Gasteiger partial charge in [-0.1, -0.05) is 30.3 Å². The van der Waals surface area contributed by atoms with E-state index in [1.165, 1.54) is 4.31 Å². The van der Waals surface area contributed by atoms with Gasteiger partial charge in [0.25, 0.3) is 0 Å². The Morgan fingerprint density at radius 2 is 1.78 bits per heavy atom. The Labute approximate surface area is 188 Å². The molecule has 1 aliphatic carbocycles. The quantitative estimate of drug-likeness (QED) is 0.645. The summed E-state index contributed by atoms with van der Waals surface area (Å²) in [6.07, 6.45) is 2.80. The highest BCUT2D eigenvalue weighted by molar-refractivity contribution is 7.89. The number of rotatable bonds is 7. The number of nitrogens with zero attached hydrogens (tertiary/aromatic N) is 1. The minimum Gasteiger partial charge on any atom is -0.465 e. The maximum absolute atomic E-state index is 12.9. The summed E-state index contributed by atoms with van der Waals surface area (Å²) in [6, 6.07) is 15.6. The molecule has 1 saturated carbocycles. The van der Waals surface area contributed by atoms with Crippen LogP contribution < -0.4 is 5.32 Å². The average molecular weight is 457 g/mol. The van der Waals surface area contributed by atoms with Gasteiger partial charge in [0.2, 0.25) is 15.9 Å². The highest BCUT2D eigenvalue weighted by atomic mass is 32.2. The third-order valence-corrected chi connectivity index (χ3v) is 8.14. The van der Waals surface area contributed by atoms with Crippen molar-refractivity contribution >= 4 is 27.6 Å². The zero-order valence-electron chi connectivity index (χ0n) is 18.1. The van der Waals surface area contributed by atoms with Gasteiger partial charge in [-0.3, -0.25) is 9.59 Å². The Morgan fingerprint density at radius 3 is 2.41 bits per heavy atom. The summed E-state index contributed by atoms with van der Waals surface area (Å²) in [5.41, 5.74) is 0.974. The van der Waals surface area contributed by atoms with E-state index in [0.29, 0.717) is 31.7 Å². The van der Waals surface area contributed by atoms with Crippen LogP contribution in [0, 0.1) is 5.92 Å². The first-order valence-corrected chi connectivity index (χ1v) is 12.4. The Morgan fingerprint density at radius 1 is 1.09 bits per heavy atom. The van der Waals surface area contributed by atoms with E-state index < -0.39 is 21.4 Å². The Hall–Kier alpha value is -2.71. The van der Waals surface area contributed by atoms with E-state index in [0.717, 1.165) is 18.4 Å². The van der Waals surface area contributed by atoms with Crippen LogP contribution in [0.25, 0.3) is 0 Å². The first-order valence-electron chi connectivity index (χ1n) is 11.0. The van der Waals surface area contributed by atoms with Crippen molar-refractivity contribution in [1.29, 1.82) is 0 Å². The van der Waals surface area contributed by atoms with Crippen LogP contribution in [0.4, 0.5) is 5.69 Å². The van der Waals surface area contributed by atoms with Gasteiger partial charge in [-0.15, -0.1) is 0 Å². The summed E-state index contributed by atoms with van der Waals surface area (Å²) < 4.78 is 32.4. The molecule has 2 fully saturated rings. The molecular formula is C24H28N2O5S. The zero-order valence-corrected chi connectivity index (χ0v) is 18.9. The summed E-state index contributed by atoms with van der Waals surface area (Å²) in [7, 11) is -3.62. The van der Waals surface area contributed by atoms with Crippen molar-refractivity contribution in [1.82, 2.24) is 4.31 Å². The molecule has 0 unspecified atom stereocenters. The minimum absolute atomic E-state index is 0.160. The van der Waals surface area contributed by atoms with Crippen molar-refractivity contribution in [2.24, 2.45) is 5.92 Å². The van der Waals surface area contributed by atoms with E-state index in [4.69, 9.17) is 4.74 Å². The number of esters is 1. The third-order valence-electron chi connectivity index (χ3n) is 6.26. The second-order valence-electron chi connectivity index (χ2n) is 8.38. The summed E-state index contributed by atoms with van der Waals surface area (Å²) in [4.78, 5) is 25.4. The van der Waals surface area contributed by atoms with Crippen LogP contribution in [0.2, 0.25) is 0 Å². The molecule has 1 heterocycles. The molecule has 0 bridgehead atoms. The molecule has 0 radical (unpaired) electrons. The molecule has 1 atom stereocenters. The fourth-order valence-electron chi connectivity index (χ4n) is 4.24. The van der Waals surface area contributed by atoms with Crippen molar-refractivity contribution < 1.29 is 22.7 Å². The van der Waals surface area contributed by atoms with Gasteiger partial charge in [0.1, 0.15) is 0 Å². The van der Waals surface area contributed by atoms with E-state index in [1.54, 1.807) is 49.4 Å². The van der Waals surface area contributed by atoms with Gasteiger partial charge >= 0.3 is 5.97 Å². The van der Waals surface area contributed by atoms with Crippen LogP contribution in [-0.4, -0.2) is 44.3 Å². The number of anilines is 1. The van der Waals surface area contributed by atoms with E-state index in [1.807, 2.05) is 12.1 Å². The molecule has 1 aliphatic heterocycles. The highest BCUT2D eigenvalue weighted by Gasteiger charge is 2.52. The lowest BCUT2D eigenvalue weighted by molar-refractivity contribution is -0.146. The monoisotopic (exact) mass is 456 g/mol. The second kappa shape index (κ2) is 9.03. The molecule has 0 spiro atoms. The molecular weight excluding hydrogens is 428 g/mol. The van der Waals surface area contributed by atoms with Crippen LogP contribution in [0.15, 0.2) is 59.5 Å². The molecule has 4 rings (SSSR count). The minimum atomic E-state index is -3.62. The van der Waals surface area contributed by atoms with Crippen molar-refractivity contribution in [2.45, 2.75) is 42.9 Å². The lowest BCUT2D eigenvalue weighted by atomic mass is 9.95. The highest BCUT2D eigenvalue weighted by Crippen LogP contribution is 2.49. The number of benzene rings is 2. The van der Waals surface area contributed by atoms with E-state index in [2.05, 4.69) is 5.32 Å². The third kappa shape index (κ3) is 4.42. The number of ether oxygens (including phenoxy) is 1. The van der Waals surface area contributed by atoms with Crippen LogP contribution >= 0.6 is 0 Å². The second-order valence-corrected chi connectivity index (χ2v) is 10.3. The molecule has 2 aliphatic rings. The van der Waals surface area contributed by atoms with Crippen LogP contribution in [0.3, 0.4) is 0 Å². The summed E-state index contributed by atoms with van der Waals surface area (Å²) in [6.45, 7) is 2.72. The van der Waals surface area contributed by atoms with Crippen molar-refractivity contribution in [2.75, 3.05) is 25.0 Å². The predicted octanol–water partition coefficient (Wildman–Crippen LogP) is 3.32. The summed E-state index contributed by atoms with van der Waals surface area (Å²) in [5.74, 6) is -0.813. The zero-order chi connectivity index (χ0) is 22.8. The number of carbonyl (C=O) groups is 2. The number of hydrogen-bond acceptors (Lipinski definition) is 5. The Bertz CT molecular complexity index is 1080. The number of carbonyl (C=O) groups excluding carboxylic acids is 2. The summed E-state index contributed by atoms with van der Waals surface area (Å²) >= 11 is 0. The van der Waals surface area contributed by atoms with Crippen LogP contribution in [0.5, 0.6) is 0 Å². The first-order chi connectivity index (χ1) is 15.4. The molecule has 2 aromatic rings. The number of piperidine rings is 1. The SMILES string of the molecule is CCOC(=O)C1(c2ccc(NC(=O)[C@H]3CCCN(S(=O)(=O)c4ccccc4)C3)cc2)CC1. The molecule has 0 aromatic heterocycles. The van der Waals surface area contributed by atoms with Crippen molar-refractivity contribution in [3.8, 4) is 0 Å². The molecule has 7 nitrogen and oxygen atoms in total. The molecule has 1 saturated heterocycles. The lowest BCUT2D eigenvalue weighted by Gasteiger charge is -2.31. The van der Waals surface area contributed by atoms with Gasteiger partial charge in [-0.2, -0.15) is 4.31 Å². The number of hydrogen-bond donors (Lipinski definition) is 1. The standard InChI is InChI=1S/C24H28N2O5S/c1-2-31-23(28)24(14-15-24)19-10-12-20(13-11-19)25-22(27)18-7-6-16-26(17-18)32(29,30)21-8-4-3-5-9-21/h3-5,8-13,18H,2,6-7,14-17H2,1H3,(H,25,27)/t18-/m0/s1. The molecule has 170 valence electrons. The number of nitrogens with one attached hydrogen (secondary N) is 1. The van der Waals surface area contributed by atoms with Gasteiger partial charge in [0, 0.05) is 18.8 Å². The van der Waals surface area contributed by atoms with Crippen LogP contribution in [0.1, 0.15) is 38.2 Å². The average Bonchev–Trinajstić information content (AvgIpc) is 3.63. The maximum atomic E-state index is 12.9. The summed E-state index contributed by atoms with van der Waals surface area (Å²) in [5, 5.41) is 2.90. The molecule has 8 heteroatoms. The maximum Gasteiger partial charge on any atom is 0.316 e. The lowest BCUT2D eigenvalue weighted by Crippen LogP contribution is -2.43. The normalized spacial score (nSPS) is 20.3. The van der Waals surface area contributed by atoms with E-state index >= 15 is 0 Å². The van der Waals surface area contributed by atoms with E-state index in [-0.39, 0.29) is 23.3 Å². The number of amides is 1. The fraction of sp³-hybridized carbons (Fsp3) is 0.417. The smallest absolute Gasteiger partial charge is 0.316 e. The Balaban J connectivity index is 1.40. The topological polar surface area (TPSA) is 92.8 Å². The van der Waals surface area contributed by atoms with Crippen molar-refractivity contribution in [3.63, 3.8) is 0 Å². The van der Waals surface area contributed by atoms with Gasteiger partial charge in [-0.25, -0.2) is 8.42 Å². The molecule has 32 heavy (non-hydrogen) atoms. The molecule has 1 amide bonds. The Kier molecular flexibility index (Phi) is 6.35. The number of sulfonamides is 1. The van der Waals surface area contributed by atoms with Gasteiger partial charge < -0.3 is 10.1 Å². The predicted molar refractivity (Wildman–Crippen MR) is 121 cm³/mol. The van der Waals surface area contributed by atoms with Gasteiger partial charge in [-0.05, 0) is 62.4 Å². The van der Waals surface area contributed by atoms with Crippen molar-refractivity contribution in [3.05, 3.63) is 60.2 Å². The largest absolute Gasteiger partial charge is 0.465 e. The van der Waals surface area contributed by atoms with Gasteiger partial charge in [0.05, 0.1) is 22.8 Å². The molecule has 2 aromatic carbocycles. The van der Waals surface area contributed by atoms with Gasteiger partial charge in [0.15, 0.2) is 0 Å².